The minimum atomic E-state index is -0.902. The lowest BCUT2D eigenvalue weighted by Gasteiger charge is -2.32. The summed E-state index contributed by atoms with van der Waals surface area (Å²) in [6, 6.07) is 3.60. The first-order chi connectivity index (χ1) is 8.16. The molecular formula is C11H13NO4S. The van der Waals surface area contributed by atoms with Crippen molar-refractivity contribution in [2.45, 2.75) is 12.5 Å². The van der Waals surface area contributed by atoms with E-state index in [2.05, 4.69) is 0 Å². The largest absolute Gasteiger partial charge is 0.481 e. The molecule has 0 bridgehead atoms. The number of nitrogens with zero attached hydrogens (tertiary/aromatic N) is 1. The number of carboxylic acid groups (broad SMARTS) is 1. The number of carboxylic acids is 1. The monoisotopic (exact) mass is 255 g/mol. The maximum absolute atomic E-state index is 12.0. The number of carbonyl (C=O) groups excluding carboxylic acids is 1. The molecule has 2 rings (SSSR count). The second kappa shape index (κ2) is 5.29. The molecule has 0 radical (unpaired) electrons. The van der Waals surface area contributed by atoms with Gasteiger partial charge in [0.1, 0.15) is 0 Å². The van der Waals surface area contributed by atoms with Gasteiger partial charge in [-0.25, -0.2) is 0 Å². The summed E-state index contributed by atoms with van der Waals surface area (Å²) in [7, 11) is 0. The van der Waals surface area contributed by atoms with Crippen LogP contribution >= 0.6 is 11.3 Å². The van der Waals surface area contributed by atoms with E-state index in [1.54, 1.807) is 11.0 Å². The third kappa shape index (κ3) is 3.04. The lowest BCUT2D eigenvalue weighted by molar-refractivity contribution is -0.141. The van der Waals surface area contributed by atoms with E-state index < -0.39 is 12.1 Å². The van der Waals surface area contributed by atoms with Gasteiger partial charge in [0, 0.05) is 13.1 Å². The zero-order chi connectivity index (χ0) is 12.3. The molecule has 0 aromatic carbocycles. The van der Waals surface area contributed by atoms with E-state index in [0.717, 1.165) is 0 Å². The summed E-state index contributed by atoms with van der Waals surface area (Å²) >= 11 is 1.39. The SMILES string of the molecule is O=C(O)C[C@H]1CN(C(=O)c2cccs2)CCO1. The van der Waals surface area contributed by atoms with Gasteiger partial charge in [-0.15, -0.1) is 11.3 Å². The van der Waals surface area contributed by atoms with Gasteiger partial charge in [-0.3, -0.25) is 9.59 Å². The number of amides is 1. The summed E-state index contributed by atoms with van der Waals surface area (Å²) in [5, 5.41) is 10.5. The Morgan fingerprint density at radius 3 is 3.06 bits per heavy atom. The van der Waals surface area contributed by atoms with Crippen LogP contribution in [-0.4, -0.2) is 47.7 Å². The van der Waals surface area contributed by atoms with E-state index in [4.69, 9.17) is 9.84 Å². The molecule has 2 heterocycles. The second-order valence-corrected chi connectivity index (χ2v) is 4.77. The van der Waals surface area contributed by atoms with E-state index in [1.165, 1.54) is 11.3 Å². The fourth-order valence-corrected chi connectivity index (χ4v) is 2.47. The molecule has 5 nitrogen and oxygen atoms in total. The van der Waals surface area contributed by atoms with Gasteiger partial charge in [-0.2, -0.15) is 0 Å². The molecule has 17 heavy (non-hydrogen) atoms. The Morgan fingerprint density at radius 2 is 2.41 bits per heavy atom. The van der Waals surface area contributed by atoms with E-state index in [1.807, 2.05) is 11.4 Å². The Balaban J connectivity index is 1.97. The molecule has 1 aromatic heterocycles. The van der Waals surface area contributed by atoms with E-state index in [0.29, 0.717) is 24.6 Å². The predicted octanol–water partition coefficient (Wildman–Crippen LogP) is 1.06. The predicted molar refractivity (Wildman–Crippen MR) is 62.2 cm³/mol. The zero-order valence-corrected chi connectivity index (χ0v) is 9.98. The third-order valence-electron chi connectivity index (χ3n) is 2.56. The highest BCUT2D eigenvalue weighted by atomic mass is 32.1. The van der Waals surface area contributed by atoms with Gasteiger partial charge in [0.2, 0.25) is 0 Å². The first-order valence-electron chi connectivity index (χ1n) is 5.33. The van der Waals surface area contributed by atoms with Crippen molar-refractivity contribution in [3.05, 3.63) is 22.4 Å². The van der Waals surface area contributed by atoms with Crippen LogP contribution in [0.1, 0.15) is 16.1 Å². The van der Waals surface area contributed by atoms with Crippen LogP contribution in [0.3, 0.4) is 0 Å². The molecule has 6 heteroatoms. The molecule has 1 atom stereocenters. The molecule has 0 saturated carbocycles. The molecule has 0 unspecified atom stereocenters. The maximum atomic E-state index is 12.0. The second-order valence-electron chi connectivity index (χ2n) is 3.82. The molecule has 1 fully saturated rings. The smallest absolute Gasteiger partial charge is 0.306 e. The van der Waals surface area contributed by atoms with Crippen LogP contribution in [-0.2, 0) is 9.53 Å². The van der Waals surface area contributed by atoms with E-state index in [9.17, 15) is 9.59 Å². The normalized spacial score (nSPS) is 20.2. The number of rotatable bonds is 3. The van der Waals surface area contributed by atoms with Gasteiger partial charge in [0.15, 0.2) is 0 Å². The third-order valence-corrected chi connectivity index (χ3v) is 3.42. The van der Waals surface area contributed by atoms with Crippen molar-refractivity contribution < 1.29 is 19.4 Å². The summed E-state index contributed by atoms with van der Waals surface area (Å²) in [6.45, 7) is 1.27. The number of ether oxygens (including phenoxy) is 1. The fraction of sp³-hybridized carbons (Fsp3) is 0.455. The van der Waals surface area contributed by atoms with Gasteiger partial charge in [0.25, 0.3) is 5.91 Å². The van der Waals surface area contributed by atoms with Crippen molar-refractivity contribution in [1.82, 2.24) is 4.90 Å². The van der Waals surface area contributed by atoms with Gasteiger partial charge in [-0.1, -0.05) is 6.07 Å². The number of hydrogen-bond acceptors (Lipinski definition) is 4. The lowest BCUT2D eigenvalue weighted by Crippen LogP contribution is -2.46. The summed E-state index contributed by atoms with van der Waals surface area (Å²) < 4.78 is 5.32. The molecule has 1 aromatic rings. The van der Waals surface area contributed by atoms with E-state index >= 15 is 0 Å². The molecule has 0 spiro atoms. The average molecular weight is 255 g/mol. The topological polar surface area (TPSA) is 66.8 Å². The Kier molecular flexibility index (Phi) is 3.75. The van der Waals surface area contributed by atoms with Crippen molar-refractivity contribution in [2.75, 3.05) is 19.7 Å². The average Bonchev–Trinajstić information content (AvgIpc) is 2.81. The Morgan fingerprint density at radius 1 is 1.59 bits per heavy atom. The van der Waals surface area contributed by atoms with Crippen LogP contribution in [0.4, 0.5) is 0 Å². The number of aliphatic carboxylic acids is 1. The first kappa shape index (κ1) is 12.1. The molecule has 1 saturated heterocycles. The molecule has 1 amide bonds. The van der Waals surface area contributed by atoms with Gasteiger partial charge < -0.3 is 14.7 Å². The molecule has 1 aliphatic heterocycles. The molecule has 92 valence electrons. The van der Waals surface area contributed by atoms with Crippen LogP contribution in [0.5, 0.6) is 0 Å². The summed E-state index contributed by atoms with van der Waals surface area (Å²) in [6.07, 6.45) is -0.459. The summed E-state index contributed by atoms with van der Waals surface area (Å²) in [4.78, 5) is 25.0. The minimum Gasteiger partial charge on any atom is -0.481 e. The van der Waals surface area contributed by atoms with Crippen LogP contribution in [0, 0.1) is 0 Å². The van der Waals surface area contributed by atoms with Crippen molar-refractivity contribution in [3.63, 3.8) is 0 Å². The highest BCUT2D eigenvalue weighted by molar-refractivity contribution is 7.12. The number of hydrogen-bond donors (Lipinski definition) is 1. The van der Waals surface area contributed by atoms with Crippen molar-refractivity contribution in [1.29, 1.82) is 0 Å². The Bertz CT molecular complexity index is 404. The molecule has 0 aliphatic carbocycles. The first-order valence-corrected chi connectivity index (χ1v) is 6.21. The van der Waals surface area contributed by atoms with Crippen molar-refractivity contribution >= 4 is 23.2 Å². The highest BCUT2D eigenvalue weighted by Crippen LogP contribution is 2.16. The minimum absolute atomic E-state index is 0.0429. The van der Waals surface area contributed by atoms with Crippen molar-refractivity contribution in [3.8, 4) is 0 Å². The lowest BCUT2D eigenvalue weighted by atomic mass is 10.2. The van der Waals surface area contributed by atoms with E-state index in [-0.39, 0.29) is 12.3 Å². The Labute approximate surface area is 103 Å². The van der Waals surface area contributed by atoms with Gasteiger partial charge in [0.05, 0.1) is 24.0 Å². The zero-order valence-electron chi connectivity index (χ0n) is 9.17. The van der Waals surface area contributed by atoms with Crippen molar-refractivity contribution in [2.24, 2.45) is 0 Å². The number of carbonyl (C=O) groups is 2. The summed E-state index contributed by atoms with van der Waals surface area (Å²) in [5.74, 6) is -0.945. The highest BCUT2D eigenvalue weighted by Gasteiger charge is 2.26. The quantitative estimate of drug-likeness (QED) is 0.877. The standard InChI is InChI=1S/C11H13NO4S/c13-10(14)6-8-7-12(3-4-16-8)11(15)9-2-1-5-17-9/h1-2,5,8H,3-4,6-7H2,(H,13,14)/t8-/m0/s1. The number of morpholine rings is 1. The molecular weight excluding hydrogens is 242 g/mol. The van der Waals surface area contributed by atoms with Crippen LogP contribution in [0.25, 0.3) is 0 Å². The maximum Gasteiger partial charge on any atom is 0.306 e. The van der Waals surface area contributed by atoms with Crippen LogP contribution in [0.15, 0.2) is 17.5 Å². The van der Waals surface area contributed by atoms with Crippen LogP contribution < -0.4 is 0 Å². The van der Waals surface area contributed by atoms with Gasteiger partial charge in [-0.05, 0) is 11.4 Å². The Hall–Kier alpha value is -1.40. The molecule has 1 N–H and O–H groups in total. The van der Waals surface area contributed by atoms with Gasteiger partial charge >= 0.3 is 5.97 Å². The molecule has 1 aliphatic rings. The number of thiophene rings is 1. The fourth-order valence-electron chi connectivity index (χ4n) is 1.78. The van der Waals surface area contributed by atoms with Crippen LogP contribution in [0.2, 0.25) is 0 Å². The summed E-state index contributed by atoms with van der Waals surface area (Å²) in [5.41, 5.74) is 0.